The highest BCUT2D eigenvalue weighted by atomic mass is 35.5. The summed E-state index contributed by atoms with van der Waals surface area (Å²) in [6.45, 7) is 3.20. The van der Waals surface area contributed by atoms with Crippen molar-refractivity contribution in [1.29, 1.82) is 0 Å². The molecule has 1 fully saturated rings. The van der Waals surface area contributed by atoms with Crippen LogP contribution < -0.4 is 0 Å². The predicted octanol–water partition coefficient (Wildman–Crippen LogP) is 2.32. The van der Waals surface area contributed by atoms with E-state index >= 15 is 0 Å². The van der Waals surface area contributed by atoms with Crippen LogP contribution in [0.1, 0.15) is 5.56 Å². The van der Waals surface area contributed by atoms with Crippen LogP contribution in [0.15, 0.2) is 17.0 Å². The third-order valence-electron chi connectivity index (χ3n) is 2.87. The van der Waals surface area contributed by atoms with Crippen LogP contribution in [-0.4, -0.2) is 39.0 Å². The molecular formula is C11H13Cl2NO3S. The molecule has 0 bridgehead atoms. The van der Waals surface area contributed by atoms with Crippen LogP contribution in [0.3, 0.4) is 0 Å². The fourth-order valence-corrected chi connectivity index (χ4v) is 3.95. The zero-order valence-electron chi connectivity index (χ0n) is 9.82. The van der Waals surface area contributed by atoms with Crippen LogP contribution in [0.25, 0.3) is 0 Å². The molecular weight excluding hydrogens is 297 g/mol. The number of rotatable bonds is 2. The molecule has 0 amide bonds. The molecule has 1 heterocycles. The smallest absolute Gasteiger partial charge is 0.244 e. The van der Waals surface area contributed by atoms with E-state index in [1.54, 1.807) is 13.0 Å². The maximum absolute atomic E-state index is 12.4. The van der Waals surface area contributed by atoms with Crippen LogP contribution in [0, 0.1) is 6.92 Å². The third kappa shape index (κ3) is 2.51. The second-order valence-corrected chi connectivity index (χ2v) is 6.69. The number of morpholine rings is 1. The Kier molecular flexibility index (Phi) is 4.18. The summed E-state index contributed by atoms with van der Waals surface area (Å²) in [4.78, 5) is 0.105. The molecule has 2 rings (SSSR count). The number of ether oxygens (including phenoxy) is 1. The van der Waals surface area contributed by atoms with Crippen molar-refractivity contribution < 1.29 is 13.2 Å². The van der Waals surface area contributed by atoms with Crippen molar-refractivity contribution in [2.75, 3.05) is 26.3 Å². The molecule has 0 spiro atoms. The molecule has 100 valence electrons. The summed E-state index contributed by atoms with van der Waals surface area (Å²) in [5, 5.41) is 0.648. The number of halogens is 2. The van der Waals surface area contributed by atoms with Gasteiger partial charge in [0.25, 0.3) is 0 Å². The van der Waals surface area contributed by atoms with Gasteiger partial charge in [0.05, 0.1) is 18.2 Å². The zero-order chi connectivity index (χ0) is 13.3. The number of hydrogen-bond donors (Lipinski definition) is 0. The van der Waals surface area contributed by atoms with E-state index in [0.717, 1.165) is 0 Å². The number of nitrogens with zero attached hydrogens (tertiary/aromatic N) is 1. The lowest BCUT2D eigenvalue weighted by Gasteiger charge is -2.26. The molecule has 4 nitrogen and oxygen atoms in total. The van der Waals surface area contributed by atoms with Crippen molar-refractivity contribution in [2.24, 2.45) is 0 Å². The second kappa shape index (κ2) is 5.35. The second-order valence-electron chi connectivity index (χ2n) is 4.00. The fraction of sp³-hybridized carbons (Fsp3) is 0.455. The first-order chi connectivity index (χ1) is 8.44. The molecule has 18 heavy (non-hydrogen) atoms. The quantitative estimate of drug-likeness (QED) is 0.842. The summed E-state index contributed by atoms with van der Waals surface area (Å²) in [6.07, 6.45) is 0. The van der Waals surface area contributed by atoms with Gasteiger partial charge in [-0.15, -0.1) is 0 Å². The van der Waals surface area contributed by atoms with Crippen LogP contribution in [0.5, 0.6) is 0 Å². The Hall–Kier alpha value is -0.330. The van der Waals surface area contributed by atoms with E-state index in [2.05, 4.69) is 0 Å². The third-order valence-corrected chi connectivity index (χ3v) is 5.82. The Morgan fingerprint density at radius 1 is 1.22 bits per heavy atom. The Bertz CT molecular complexity index is 554. The van der Waals surface area contributed by atoms with Gasteiger partial charge < -0.3 is 4.74 Å². The Balaban J connectivity index is 2.44. The van der Waals surface area contributed by atoms with Gasteiger partial charge in [-0.1, -0.05) is 23.2 Å². The van der Waals surface area contributed by atoms with Crippen molar-refractivity contribution >= 4 is 33.2 Å². The Morgan fingerprint density at radius 3 is 2.44 bits per heavy atom. The summed E-state index contributed by atoms with van der Waals surface area (Å²) >= 11 is 12.0. The predicted molar refractivity (Wildman–Crippen MR) is 70.8 cm³/mol. The molecule has 1 aliphatic rings. The van der Waals surface area contributed by atoms with Crippen molar-refractivity contribution in [1.82, 2.24) is 4.31 Å². The highest BCUT2D eigenvalue weighted by Gasteiger charge is 2.29. The molecule has 7 heteroatoms. The Morgan fingerprint density at radius 2 is 1.83 bits per heavy atom. The standard InChI is InChI=1S/C11H13Cl2NO3S/c1-8-9(12)2-3-10(11(8)13)18(15,16)14-4-6-17-7-5-14/h2-3H,4-7H2,1H3. The first kappa shape index (κ1) is 14.1. The minimum atomic E-state index is -3.57. The lowest BCUT2D eigenvalue weighted by molar-refractivity contribution is 0.0730. The average molecular weight is 310 g/mol. The van der Waals surface area contributed by atoms with E-state index in [0.29, 0.717) is 36.9 Å². The molecule has 0 atom stereocenters. The van der Waals surface area contributed by atoms with Crippen molar-refractivity contribution in [2.45, 2.75) is 11.8 Å². The Labute approximate surface area is 116 Å². The van der Waals surface area contributed by atoms with Crippen molar-refractivity contribution in [3.63, 3.8) is 0 Å². The summed E-state index contributed by atoms with van der Waals surface area (Å²) in [7, 11) is -3.57. The number of hydrogen-bond acceptors (Lipinski definition) is 3. The molecule has 0 aliphatic carbocycles. The minimum absolute atomic E-state index is 0.105. The molecule has 1 aromatic rings. The van der Waals surface area contributed by atoms with Gasteiger partial charge in [-0.25, -0.2) is 8.42 Å². The number of sulfonamides is 1. The van der Waals surface area contributed by atoms with Gasteiger partial charge >= 0.3 is 0 Å². The van der Waals surface area contributed by atoms with Crippen LogP contribution >= 0.6 is 23.2 Å². The SMILES string of the molecule is Cc1c(Cl)ccc(S(=O)(=O)N2CCOCC2)c1Cl. The lowest BCUT2D eigenvalue weighted by Crippen LogP contribution is -2.40. The average Bonchev–Trinajstić information content (AvgIpc) is 2.37. The molecule has 1 aliphatic heterocycles. The molecule has 0 saturated carbocycles. The molecule has 0 N–H and O–H groups in total. The van der Waals surface area contributed by atoms with E-state index in [4.69, 9.17) is 27.9 Å². The summed E-state index contributed by atoms with van der Waals surface area (Å²) in [5.41, 5.74) is 0.577. The van der Waals surface area contributed by atoms with Gasteiger partial charge in [-0.3, -0.25) is 0 Å². The summed E-state index contributed by atoms with van der Waals surface area (Å²) < 4.78 is 31.4. The van der Waals surface area contributed by atoms with E-state index in [-0.39, 0.29) is 9.92 Å². The maximum atomic E-state index is 12.4. The van der Waals surface area contributed by atoms with Gasteiger partial charge in [0, 0.05) is 18.1 Å². The first-order valence-electron chi connectivity index (χ1n) is 5.47. The number of benzene rings is 1. The molecule has 0 radical (unpaired) electrons. The zero-order valence-corrected chi connectivity index (χ0v) is 12.1. The highest BCUT2D eigenvalue weighted by Crippen LogP contribution is 2.32. The largest absolute Gasteiger partial charge is 0.379 e. The van der Waals surface area contributed by atoms with Gasteiger partial charge in [0.2, 0.25) is 10.0 Å². The molecule has 0 aromatic heterocycles. The van der Waals surface area contributed by atoms with E-state index in [1.165, 1.54) is 10.4 Å². The topological polar surface area (TPSA) is 46.6 Å². The maximum Gasteiger partial charge on any atom is 0.244 e. The monoisotopic (exact) mass is 309 g/mol. The van der Waals surface area contributed by atoms with E-state index in [9.17, 15) is 8.42 Å². The highest BCUT2D eigenvalue weighted by molar-refractivity contribution is 7.89. The molecule has 1 aromatic carbocycles. The normalized spacial score (nSPS) is 17.9. The van der Waals surface area contributed by atoms with Crippen LogP contribution in [0.4, 0.5) is 0 Å². The summed E-state index contributed by atoms with van der Waals surface area (Å²) in [5.74, 6) is 0. The van der Waals surface area contributed by atoms with E-state index in [1.807, 2.05) is 0 Å². The van der Waals surface area contributed by atoms with Crippen LogP contribution in [0.2, 0.25) is 10.0 Å². The minimum Gasteiger partial charge on any atom is -0.379 e. The van der Waals surface area contributed by atoms with Gasteiger partial charge in [0.15, 0.2) is 0 Å². The first-order valence-corrected chi connectivity index (χ1v) is 7.66. The lowest BCUT2D eigenvalue weighted by atomic mass is 10.2. The van der Waals surface area contributed by atoms with Crippen molar-refractivity contribution in [3.05, 3.63) is 27.7 Å². The van der Waals surface area contributed by atoms with Gasteiger partial charge in [0.1, 0.15) is 4.90 Å². The summed E-state index contributed by atoms with van der Waals surface area (Å²) in [6, 6.07) is 3.00. The molecule has 1 saturated heterocycles. The molecule has 0 unspecified atom stereocenters. The van der Waals surface area contributed by atoms with Gasteiger partial charge in [-0.2, -0.15) is 4.31 Å². The fourth-order valence-electron chi connectivity index (χ4n) is 1.76. The van der Waals surface area contributed by atoms with E-state index < -0.39 is 10.0 Å². The van der Waals surface area contributed by atoms with Crippen LogP contribution in [-0.2, 0) is 14.8 Å². The van der Waals surface area contributed by atoms with Crippen molar-refractivity contribution in [3.8, 4) is 0 Å². The van der Waals surface area contributed by atoms with Gasteiger partial charge in [-0.05, 0) is 24.6 Å².